The lowest BCUT2D eigenvalue weighted by molar-refractivity contribution is -0.122. The second kappa shape index (κ2) is 6.43. The van der Waals surface area contributed by atoms with Gasteiger partial charge in [0.25, 0.3) is 0 Å². The predicted molar refractivity (Wildman–Crippen MR) is 93.8 cm³/mol. The molecule has 0 unspecified atom stereocenters. The fraction of sp³-hybridized carbons (Fsp3) is 0.588. The molecule has 0 bridgehead atoms. The lowest BCUT2D eigenvalue weighted by atomic mass is 10.0. The van der Waals surface area contributed by atoms with Gasteiger partial charge in [0.15, 0.2) is 0 Å². The van der Waals surface area contributed by atoms with E-state index in [4.69, 9.17) is 0 Å². The minimum Gasteiger partial charge on any atom is -0.344 e. The molecule has 2 aromatic heterocycles. The van der Waals surface area contributed by atoms with E-state index in [2.05, 4.69) is 29.2 Å². The minimum atomic E-state index is -0.466. The molecule has 0 radical (unpaired) electrons. The van der Waals surface area contributed by atoms with Crippen LogP contribution in [-0.2, 0) is 16.8 Å². The Morgan fingerprint density at radius 1 is 1.35 bits per heavy atom. The van der Waals surface area contributed by atoms with Crippen LogP contribution in [0.4, 0.5) is 0 Å². The first kappa shape index (κ1) is 17.7. The molecule has 1 N–H and O–H groups in total. The number of rotatable bonds is 5. The summed E-state index contributed by atoms with van der Waals surface area (Å²) in [6, 6.07) is 0.292. The van der Waals surface area contributed by atoms with Crippen molar-refractivity contribution in [2.45, 2.75) is 66.5 Å². The van der Waals surface area contributed by atoms with Crippen LogP contribution in [0.3, 0.4) is 0 Å². The number of hydrogen-bond acceptors (Lipinski definition) is 4. The third kappa shape index (κ3) is 3.80. The summed E-state index contributed by atoms with van der Waals surface area (Å²) >= 11 is 1.62. The summed E-state index contributed by atoms with van der Waals surface area (Å²) in [6.45, 7) is 14.2. The van der Waals surface area contributed by atoms with E-state index < -0.39 is 5.54 Å². The second-order valence-corrected chi connectivity index (χ2v) is 8.05. The van der Waals surface area contributed by atoms with Crippen LogP contribution in [0.2, 0.25) is 0 Å². The monoisotopic (exact) mass is 334 g/mol. The minimum absolute atomic E-state index is 0.00245. The van der Waals surface area contributed by atoms with Crippen LogP contribution in [-0.4, -0.2) is 20.7 Å². The van der Waals surface area contributed by atoms with E-state index in [1.807, 2.05) is 45.5 Å². The first-order valence-electron chi connectivity index (χ1n) is 7.90. The van der Waals surface area contributed by atoms with Gasteiger partial charge in [0.2, 0.25) is 5.91 Å². The van der Waals surface area contributed by atoms with Crippen molar-refractivity contribution in [2.75, 3.05) is 0 Å². The van der Waals surface area contributed by atoms with E-state index in [9.17, 15) is 4.79 Å². The molecule has 23 heavy (non-hydrogen) atoms. The van der Waals surface area contributed by atoms with Crippen LogP contribution in [0.5, 0.6) is 0 Å². The van der Waals surface area contributed by atoms with Gasteiger partial charge in [0.1, 0.15) is 5.01 Å². The molecule has 0 spiro atoms. The van der Waals surface area contributed by atoms with E-state index in [1.165, 1.54) is 0 Å². The van der Waals surface area contributed by atoms with Crippen molar-refractivity contribution < 1.29 is 4.79 Å². The highest BCUT2D eigenvalue weighted by Gasteiger charge is 2.27. The van der Waals surface area contributed by atoms with Crippen molar-refractivity contribution >= 4 is 17.2 Å². The Hall–Kier alpha value is -1.69. The average Bonchev–Trinajstić information content (AvgIpc) is 2.97. The number of nitrogens with zero attached hydrogens (tertiary/aromatic N) is 3. The van der Waals surface area contributed by atoms with Crippen LogP contribution >= 0.6 is 11.3 Å². The predicted octanol–water partition coefficient (Wildman–Crippen LogP) is 3.44. The van der Waals surface area contributed by atoms with Gasteiger partial charge in [0, 0.05) is 28.4 Å². The van der Waals surface area contributed by atoms with E-state index in [0.717, 1.165) is 26.8 Å². The van der Waals surface area contributed by atoms with Crippen molar-refractivity contribution in [3.05, 3.63) is 33.0 Å². The van der Waals surface area contributed by atoms with Crippen molar-refractivity contribution in [1.29, 1.82) is 0 Å². The van der Waals surface area contributed by atoms with Gasteiger partial charge in [-0.3, -0.25) is 9.48 Å². The fourth-order valence-corrected chi connectivity index (χ4v) is 3.53. The number of hydrogen-bond donors (Lipinski definition) is 1. The maximum atomic E-state index is 12.5. The van der Waals surface area contributed by atoms with Crippen LogP contribution < -0.4 is 5.32 Å². The quantitative estimate of drug-likeness (QED) is 0.911. The fourth-order valence-electron chi connectivity index (χ4n) is 2.71. The van der Waals surface area contributed by atoms with E-state index >= 15 is 0 Å². The van der Waals surface area contributed by atoms with E-state index in [0.29, 0.717) is 12.5 Å². The Balaban J connectivity index is 2.14. The third-order valence-corrected chi connectivity index (χ3v) is 5.15. The number of amides is 1. The topological polar surface area (TPSA) is 59.8 Å². The number of carbonyl (C=O) groups is 1. The van der Waals surface area contributed by atoms with Crippen molar-refractivity contribution in [3.8, 4) is 0 Å². The Morgan fingerprint density at radius 2 is 2.00 bits per heavy atom. The molecule has 0 fully saturated rings. The average molecular weight is 334 g/mol. The first-order chi connectivity index (χ1) is 10.6. The lowest BCUT2D eigenvalue weighted by Crippen LogP contribution is -2.41. The Morgan fingerprint density at radius 3 is 2.48 bits per heavy atom. The van der Waals surface area contributed by atoms with Crippen LogP contribution in [0.1, 0.15) is 60.6 Å². The highest BCUT2D eigenvalue weighted by molar-refractivity contribution is 7.11. The summed E-state index contributed by atoms with van der Waals surface area (Å²) in [7, 11) is 0. The first-order valence-corrected chi connectivity index (χ1v) is 8.72. The lowest BCUT2D eigenvalue weighted by Gasteiger charge is -2.24. The van der Waals surface area contributed by atoms with Gasteiger partial charge in [-0.05, 0) is 48.5 Å². The van der Waals surface area contributed by atoms with E-state index in [1.54, 1.807) is 11.3 Å². The molecule has 0 aromatic carbocycles. The molecule has 2 aromatic rings. The molecule has 0 saturated carbocycles. The molecule has 0 saturated heterocycles. The molecule has 0 aliphatic heterocycles. The number of nitrogens with one attached hydrogen (secondary N) is 1. The number of thiazole rings is 1. The van der Waals surface area contributed by atoms with Crippen LogP contribution in [0.15, 0.2) is 6.20 Å². The number of aromatic nitrogens is 3. The van der Waals surface area contributed by atoms with E-state index in [-0.39, 0.29) is 5.91 Å². The van der Waals surface area contributed by atoms with Gasteiger partial charge in [-0.15, -0.1) is 11.3 Å². The van der Waals surface area contributed by atoms with Gasteiger partial charge in [-0.1, -0.05) is 0 Å². The summed E-state index contributed by atoms with van der Waals surface area (Å²) in [4.78, 5) is 18.1. The smallest absolute Gasteiger partial charge is 0.225 e. The molecular weight excluding hydrogens is 308 g/mol. The van der Waals surface area contributed by atoms with Crippen LogP contribution in [0, 0.1) is 20.8 Å². The number of carbonyl (C=O) groups excluding carboxylic acids is 1. The molecule has 0 aliphatic rings. The van der Waals surface area contributed by atoms with Crippen molar-refractivity contribution in [2.24, 2.45) is 0 Å². The summed E-state index contributed by atoms with van der Waals surface area (Å²) < 4.78 is 1.98. The Labute approximate surface area is 142 Å². The van der Waals surface area contributed by atoms with Crippen molar-refractivity contribution in [3.63, 3.8) is 0 Å². The molecule has 5 nitrogen and oxygen atoms in total. The second-order valence-electron chi connectivity index (χ2n) is 6.81. The van der Waals surface area contributed by atoms with Gasteiger partial charge >= 0.3 is 0 Å². The summed E-state index contributed by atoms with van der Waals surface area (Å²) in [5.74, 6) is -0.00245. The maximum Gasteiger partial charge on any atom is 0.225 e. The maximum absolute atomic E-state index is 12.5. The SMILES string of the molecule is Cc1cnc(C(C)(C)NC(=O)Cc2c(C)nn(C(C)C)c2C)s1. The normalized spacial score (nSPS) is 12.0. The zero-order chi connectivity index (χ0) is 17.4. The van der Waals surface area contributed by atoms with Gasteiger partial charge in [-0.2, -0.15) is 5.10 Å². The largest absolute Gasteiger partial charge is 0.344 e. The standard InChI is InChI=1S/C17H26N4OS/c1-10(2)21-13(5)14(12(4)20-21)8-15(22)19-17(6,7)16-18-9-11(3)23-16/h9-10H,8H2,1-7H3,(H,19,22). The van der Waals surface area contributed by atoms with Gasteiger partial charge in [-0.25, -0.2) is 4.98 Å². The molecule has 0 atom stereocenters. The zero-order valence-electron chi connectivity index (χ0n) is 15.0. The zero-order valence-corrected chi connectivity index (χ0v) is 15.8. The van der Waals surface area contributed by atoms with Gasteiger partial charge < -0.3 is 5.32 Å². The summed E-state index contributed by atoms with van der Waals surface area (Å²) in [5, 5.41) is 8.57. The molecule has 2 heterocycles. The molecule has 126 valence electrons. The number of aryl methyl sites for hydroxylation is 2. The summed E-state index contributed by atoms with van der Waals surface area (Å²) in [6.07, 6.45) is 2.19. The molecular formula is C17H26N4OS. The Kier molecular flexibility index (Phi) is 4.94. The van der Waals surface area contributed by atoms with Crippen molar-refractivity contribution in [1.82, 2.24) is 20.1 Å². The molecule has 1 amide bonds. The molecule has 0 aliphatic carbocycles. The third-order valence-electron chi connectivity index (χ3n) is 3.91. The molecule has 2 rings (SSSR count). The molecule has 6 heteroatoms. The Bertz CT molecular complexity index is 712. The highest BCUT2D eigenvalue weighted by Crippen LogP contribution is 2.25. The van der Waals surface area contributed by atoms with Crippen LogP contribution in [0.25, 0.3) is 0 Å². The summed E-state index contributed by atoms with van der Waals surface area (Å²) in [5.41, 5.74) is 2.54. The highest BCUT2D eigenvalue weighted by atomic mass is 32.1. The van der Waals surface area contributed by atoms with Gasteiger partial charge in [0.05, 0.1) is 17.7 Å².